The summed E-state index contributed by atoms with van der Waals surface area (Å²) in [4.78, 5) is 24.5. The first-order chi connectivity index (χ1) is 11.9. The van der Waals surface area contributed by atoms with Gasteiger partial charge in [0, 0.05) is 11.3 Å². The number of methoxy groups -OCH3 is 1. The summed E-state index contributed by atoms with van der Waals surface area (Å²) in [6, 6.07) is 11.1. The smallest absolute Gasteiger partial charge is 0.339 e. The summed E-state index contributed by atoms with van der Waals surface area (Å²) >= 11 is 5.89. The fourth-order valence-electron chi connectivity index (χ4n) is 2.06. The fraction of sp³-hybridized carbons (Fsp3) is 0.176. The third-order valence-electron chi connectivity index (χ3n) is 3.19. The number of carbonyl (C=O) groups excluding carboxylic acids is 2. The van der Waals surface area contributed by atoms with E-state index in [1.807, 2.05) is 0 Å². The number of esters is 1. The molecule has 132 valence electrons. The van der Waals surface area contributed by atoms with Gasteiger partial charge in [-0.15, -0.1) is 0 Å². The molecule has 6 nitrogen and oxygen atoms in total. The van der Waals surface area contributed by atoms with Crippen molar-refractivity contribution in [3.05, 3.63) is 53.1 Å². The number of halogens is 1. The second kappa shape index (κ2) is 8.64. The van der Waals surface area contributed by atoms with Crippen LogP contribution >= 0.6 is 11.6 Å². The summed E-state index contributed by atoms with van der Waals surface area (Å²) in [7, 11) is 0.113. The number of hydrogen-bond donors (Lipinski definition) is 1. The summed E-state index contributed by atoms with van der Waals surface area (Å²) in [5.74, 6) is -0.848. The minimum atomic E-state index is -1.35. The van der Waals surface area contributed by atoms with E-state index in [1.54, 1.807) is 30.3 Å². The molecule has 0 saturated carbocycles. The Morgan fingerprint density at radius 1 is 1.20 bits per heavy atom. The van der Waals surface area contributed by atoms with Crippen molar-refractivity contribution in [3.8, 4) is 5.75 Å². The van der Waals surface area contributed by atoms with Crippen molar-refractivity contribution in [2.24, 2.45) is 0 Å². The van der Waals surface area contributed by atoms with Crippen LogP contribution in [0.4, 0.5) is 5.69 Å². The van der Waals surface area contributed by atoms with Crippen molar-refractivity contribution in [3.63, 3.8) is 0 Å². The van der Waals surface area contributed by atoms with Gasteiger partial charge < -0.3 is 14.8 Å². The van der Waals surface area contributed by atoms with Crippen LogP contribution in [0.25, 0.3) is 0 Å². The highest BCUT2D eigenvalue weighted by Crippen LogP contribution is 2.27. The highest BCUT2D eigenvalue weighted by molar-refractivity contribution is 7.84. The zero-order valence-electron chi connectivity index (χ0n) is 13.6. The Balaban J connectivity index is 2.02. The number of carbonyl (C=O) groups is 2. The number of rotatable bonds is 6. The predicted molar refractivity (Wildman–Crippen MR) is 95.7 cm³/mol. The number of benzene rings is 2. The molecule has 1 amide bonds. The molecule has 0 heterocycles. The Labute approximate surface area is 152 Å². The van der Waals surface area contributed by atoms with Gasteiger partial charge in [0.25, 0.3) is 5.91 Å². The molecule has 0 bridgehead atoms. The van der Waals surface area contributed by atoms with Crippen LogP contribution in [0.15, 0.2) is 47.4 Å². The highest BCUT2D eigenvalue weighted by atomic mass is 35.5. The van der Waals surface area contributed by atoms with Gasteiger partial charge in [-0.25, -0.2) is 4.79 Å². The van der Waals surface area contributed by atoms with Gasteiger partial charge in [-0.1, -0.05) is 23.7 Å². The lowest BCUT2D eigenvalue weighted by Crippen LogP contribution is -2.21. The van der Waals surface area contributed by atoms with Crippen LogP contribution in [0.1, 0.15) is 10.4 Å². The maximum atomic E-state index is 12.1. The van der Waals surface area contributed by atoms with Crippen molar-refractivity contribution in [1.29, 1.82) is 0 Å². The van der Waals surface area contributed by atoms with Crippen LogP contribution in [0.3, 0.4) is 0 Å². The molecule has 2 aromatic rings. The second-order valence-corrected chi connectivity index (χ2v) is 6.70. The molecule has 0 radical (unpaired) electrons. The molecule has 0 saturated heterocycles. The Morgan fingerprint density at radius 3 is 2.60 bits per heavy atom. The van der Waals surface area contributed by atoms with E-state index in [2.05, 4.69) is 5.32 Å². The fourth-order valence-corrected chi connectivity index (χ4v) is 2.96. The molecule has 1 atom stereocenters. The first-order valence-electron chi connectivity index (χ1n) is 7.15. The molecule has 2 aromatic carbocycles. The molecular weight excluding hydrogens is 366 g/mol. The maximum absolute atomic E-state index is 12.1. The summed E-state index contributed by atoms with van der Waals surface area (Å²) in [5, 5.41) is 2.98. The van der Waals surface area contributed by atoms with Crippen molar-refractivity contribution >= 4 is 40.0 Å². The van der Waals surface area contributed by atoms with Gasteiger partial charge in [-0.05, 0) is 30.3 Å². The van der Waals surface area contributed by atoms with Crippen LogP contribution < -0.4 is 10.1 Å². The monoisotopic (exact) mass is 381 g/mol. The molecule has 8 heteroatoms. The summed E-state index contributed by atoms with van der Waals surface area (Å²) in [6.45, 7) is -0.501. The Kier molecular flexibility index (Phi) is 6.55. The van der Waals surface area contributed by atoms with E-state index < -0.39 is 29.3 Å². The van der Waals surface area contributed by atoms with E-state index in [1.165, 1.54) is 25.5 Å². The Morgan fingerprint density at radius 2 is 1.92 bits per heavy atom. The first kappa shape index (κ1) is 19.0. The van der Waals surface area contributed by atoms with Crippen LogP contribution in [-0.2, 0) is 20.3 Å². The minimum absolute atomic E-state index is 0.163. The predicted octanol–water partition coefficient (Wildman–Crippen LogP) is 2.88. The van der Waals surface area contributed by atoms with Crippen molar-refractivity contribution in [1.82, 2.24) is 0 Å². The van der Waals surface area contributed by atoms with Crippen molar-refractivity contribution in [2.75, 3.05) is 25.3 Å². The van der Waals surface area contributed by atoms with E-state index in [9.17, 15) is 13.8 Å². The maximum Gasteiger partial charge on any atom is 0.339 e. The molecule has 1 N–H and O–H groups in total. The SMILES string of the molecule is COc1ccc(Cl)cc1NC(=O)COC(=O)c1ccccc1[S@](C)=O. The molecule has 0 spiro atoms. The topological polar surface area (TPSA) is 81.7 Å². The zero-order valence-corrected chi connectivity index (χ0v) is 15.1. The van der Waals surface area contributed by atoms with Crippen molar-refractivity contribution < 1.29 is 23.3 Å². The summed E-state index contributed by atoms with van der Waals surface area (Å²) in [6.07, 6.45) is 1.46. The lowest BCUT2D eigenvalue weighted by atomic mass is 10.2. The molecular formula is C17H16ClNO5S. The zero-order chi connectivity index (χ0) is 18.4. The van der Waals surface area contributed by atoms with E-state index in [0.29, 0.717) is 21.4 Å². The number of nitrogens with one attached hydrogen (secondary N) is 1. The average molecular weight is 382 g/mol. The third kappa shape index (κ3) is 5.04. The van der Waals surface area contributed by atoms with E-state index in [0.717, 1.165) is 0 Å². The normalized spacial score (nSPS) is 11.5. The van der Waals surface area contributed by atoms with Gasteiger partial charge in [0.1, 0.15) is 5.75 Å². The van der Waals surface area contributed by atoms with Gasteiger partial charge in [-0.3, -0.25) is 9.00 Å². The van der Waals surface area contributed by atoms with Gasteiger partial charge in [-0.2, -0.15) is 0 Å². The molecule has 0 aromatic heterocycles. The van der Waals surface area contributed by atoms with Gasteiger partial charge in [0.05, 0.1) is 34.1 Å². The lowest BCUT2D eigenvalue weighted by molar-refractivity contribution is -0.119. The van der Waals surface area contributed by atoms with Crippen LogP contribution in [0.5, 0.6) is 5.75 Å². The molecule has 0 aliphatic rings. The lowest BCUT2D eigenvalue weighted by Gasteiger charge is -2.11. The third-order valence-corrected chi connectivity index (χ3v) is 4.40. The van der Waals surface area contributed by atoms with Crippen LogP contribution in [0, 0.1) is 0 Å². The second-order valence-electron chi connectivity index (χ2n) is 4.92. The number of hydrogen-bond acceptors (Lipinski definition) is 5. The largest absolute Gasteiger partial charge is 0.495 e. The molecule has 0 unspecified atom stereocenters. The summed E-state index contributed by atoms with van der Waals surface area (Å²) in [5.41, 5.74) is 0.530. The first-order valence-corrected chi connectivity index (χ1v) is 9.09. The Bertz CT molecular complexity index is 824. The molecule has 2 rings (SSSR count). The van der Waals surface area contributed by atoms with Crippen molar-refractivity contribution in [2.45, 2.75) is 4.90 Å². The molecule has 25 heavy (non-hydrogen) atoms. The van der Waals surface area contributed by atoms with E-state index >= 15 is 0 Å². The van der Waals surface area contributed by atoms with Gasteiger partial charge in [0.15, 0.2) is 6.61 Å². The van der Waals surface area contributed by atoms with Crippen LogP contribution in [-0.4, -0.2) is 36.1 Å². The number of amides is 1. The average Bonchev–Trinajstić information content (AvgIpc) is 2.60. The minimum Gasteiger partial charge on any atom is -0.495 e. The van der Waals surface area contributed by atoms with Gasteiger partial charge in [0.2, 0.25) is 0 Å². The number of ether oxygens (including phenoxy) is 2. The molecule has 0 aliphatic heterocycles. The Hall–Kier alpha value is -2.38. The van der Waals surface area contributed by atoms with Crippen LogP contribution in [0.2, 0.25) is 5.02 Å². The number of anilines is 1. The molecule has 0 fully saturated rings. The quantitative estimate of drug-likeness (QED) is 0.778. The van der Waals surface area contributed by atoms with E-state index in [4.69, 9.17) is 21.1 Å². The van der Waals surface area contributed by atoms with Gasteiger partial charge >= 0.3 is 5.97 Å². The van der Waals surface area contributed by atoms with E-state index in [-0.39, 0.29) is 5.56 Å². The molecule has 0 aliphatic carbocycles. The summed E-state index contributed by atoms with van der Waals surface area (Å²) < 4.78 is 21.8. The highest BCUT2D eigenvalue weighted by Gasteiger charge is 2.16. The standard InChI is InChI=1S/C17H16ClNO5S/c1-23-14-8-7-11(18)9-13(14)19-16(20)10-24-17(21)12-5-3-4-6-15(12)25(2)22/h3-9H,10H2,1-2H3,(H,19,20)/t25-/m0/s1.